The van der Waals surface area contributed by atoms with Crippen LogP contribution < -0.4 is 11.1 Å². The Kier molecular flexibility index (Phi) is 13.5. The number of nitrogen functional groups attached to an aromatic ring is 1. The maximum absolute atomic E-state index is 12.3. The Bertz CT molecular complexity index is 1130. The summed E-state index contributed by atoms with van der Waals surface area (Å²) in [6.45, 7) is 5.94. The number of carboxylic acid groups (broad SMARTS) is 1. The van der Waals surface area contributed by atoms with Gasteiger partial charge in [-0.25, -0.2) is 4.98 Å². The minimum atomic E-state index is -1.05. The molecule has 10 atom stereocenters. The number of pyridine rings is 1. The van der Waals surface area contributed by atoms with Crippen LogP contribution in [0.4, 0.5) is 5.82 Å². The largest absolute Gasteiger partial charge is 0.481 e. The van der Waals surface area contributed by atoms with Gasteiger partial charge in [0.25, 0.3) is 0 Å². The molecule has 0 aromatic carbocycles. The zero-order chi connectivity index (χ0) is 32.4. The molecule has 0 bridgehead atoms. The summed E-state index contributed by atoms with van der Waals surface area (Å²) in [6.07, 6.45) is 20.1. The van der Waals surface area contributed by atoms with E-state index in [2.05, 4.69) is 42.4 Å². The smallest absolute Gasteiger partial charge is 0.309 e. The lowest BCUT2D eigenvalue weighted by molar-refractivity contribution is -0.148. The number of allylic oxidation sites excluding steroid dienone is 1. The number of nitrogens with one attached hydrogen (secondary N) is 1. The first-order valence-electron chi connectivity index (χ1n) is 17.7. The molecule has 1 aromatic heterocycles. The Morgan fingerprint density at radius 2 is 1.89 bits per heavy atom. The van der Waals surface area contributed by atoms with E-state index >= 15 is 0 Å². The van der Waals surface area contributed by atoms with Gasteiger partial charge < -0.3 is 31.5 Å². The minimum absolute atomic E-state index is 0.0712. The molecule has 1 heterocycles. The van der Waals surface area contributed by atoms with Crippen LogP contribution in [0.2, 0.25) is 0 Å². The maximum atomic E-state index is 12.3. The van der Waals surface area contributed by atoms with Crippen molar-refractivity contribution < 1.29 is 25.2 Å². The van der Waals surface area contributed by atoms with Gasteiger partial charge in [-0.15, -0.1) is 0 Å². The second kappa shape index (κ2) is 17.1. The van der Waals surface area contributed by atoms with Crippen molar-refractivity contribution in [2.75, 3.05) is 18.8 Å². The molecule has 10 unspecified atom stereocenters. The molecule has 0 spiro atoms. The summed E-state index contributed by atoms with van der Waals surface area (Å²) >= 11 is 0. The Labute approximate surface area is 270 Å². The van der Waals surface area contributed by atoms with E-state index < -0.39 is 29.5 Å². The number of anilines is 1. The van der Waals surface area contributed by atoms with Crippen molar-refractivity contribution in [2.45, 2.75) is 115 Å². The normalized spacial score (nSPS) is 32.3. The molecule has 8 nitrogen and oxygen atoms in total. The highest BCUT2D eigenvalue weighted by molar-refractivity contribution is 5.70. The Hall–Kier alpha value is -2.26. The van der Waals surface area contributed by atoms with Crippen LogP contribution in [0.3, 0.4) is 0 Å². The number of carboxylic acids is 1. The highest BCUT2D eigenvalue weighted by atomic mass is 16.4. The van der Waals surface area contributed by atoms with Gasteiger partial charge in [0, 0.05) is 24.0 Å². The van der Waals surface area contributed by atoms with Gasteiger partial charge in [0.2, 0.25) is 0 Å². The molecule has 0 saturated heterocycles. The molecule has 3 aliphatic rings. The van der Waals surface area contributed by atoms with Crippen molar-refractivity contribution >= 4 is 11.8 Å². The highest BCUT2D eigenvalue weighted by Gasteiger charge is 2.54. The molecular weight excluding hydrogens is 566 g/mol. The summed E-state index contributed by atoms with van der Waals surface area (Å²) in [6, 6.07) is 3.88. The van der Waals surface area contributed by atoms with Crippen LogP contribution in [0.1, 0.15) is 96.5 Å². The molecule has 1 aromatic rings. The number of aliphatic carboxylic acids is 1. The molecule has 0 amide bonds. The molecule has 252 valence electrons. The predicted molar refractivity (Wildman–Crippen MR) is 179 cm³/mol. The van der Waals surface area contributed by atoms with Gasteiger partial charge in [0.05, 0.1) is 23.7 Å². The number of aliphatic hydroxyl groups is 3. The second-order valence-corrected chi connectivity index (χ2v) is 14.3. The molecule has 8 heteroatoms. The van der Waals surface area contributed by atoms with E-state index in [0.29, 0.717) is 37.4 Å². The zero-order valence-electron chi connectivity index (χ0n) is 27.6. The van der Waals surface area contributed by atoms with Crippen LogP contribution in [0, 0.1) is 41.4 Å². The summed E-state index contributed by atoms with van der Waals surface area (Å²) in [5.74, 6) is -0.740. The zero-order valence-corrected chi connectivity index (χ0v) is 27.6. The summed E-state index contributed by atoms with van der Waals surface area (Å²) in [5.41, 5.74) is 6.05. The van der Waals surface area contributed by atoms with Crippen LogP contribution in [0.25, 0.3) is 0 Å². The highest BCUT2D eigenvalue weighted by Crippen LogP contribution is 2.52. The SMILES string of the molecule is CCCCCC1C=CC(CCCCCC(C(=O)O)C(O)C2C=CC3C(Cc4ccnc(N)c4)C(CNCC)CC3(O)C2)C(O)C1. The third kappa shape index (κ3) is 9.63. The van der Waals surface area contributed by atoms with Crippen molar-refractivity contribution in [3.05, 3.63) is 48.2 Å². The maximum Gasteiger partial charge on any atom is 0.309 e. The number of fused-ring (bicyclic) bond motifs is 1. The number of hydrogen-bond acceptors (Lipinski definition) is 7. The van der Waals surface area contributed by atoms with E-state index in [1.807, 2.05) is 18.2 Å². The molecule has 45 heavy (non-hydrogen) atoms. The first-order chi connectivity index (χ1) is 21.6. The van der Waals surface area contributed by atoms with Crippen molar-refractivity contribution in [1.82, 2.24) is 10.3 Å². The topological polar surface area (TPSA) is 149 Å². The van der Waals surface area contributed by atoms with E-state index in [9.17, 15) is 25.2 Å². The second-order valence-electron chi connectivity index (χ2n) is 14.3. The Balaban J connectivity index is 1.30. The lowest BCUT2D eigenvalue weighted by atomic mass is 9.70. The van der Waals surface area contributed by atoms with Gasteiger partial charge in [-0.05, 0) is 93.5 Å². The average Bonchev–Trinajstić information content (AvgIpc) is 3.28. The summed E-state index contributed by atoms with van der Waals surface area (Å²) in [5, 5.41) is 47.6. The van der Waals surface area contributed by atoms with Crippen LogP contribution in [0.5, 0.6) is 0 Å². The molecule has 0 radical (unpaired) electrons. The Morgan fingerprint density at radius 3 is 2.60 bits per heavy atom. The van der Waals surface area contributed by atoms with E-state index in [1.165, 1.54) is 19.3 Å². The lowest BCUT2D eigenvalue weighted by Crippen LogP contribution is -2.44. The third-order valence-electron chi connectivity index (χ3n) is 11.0. The number of aliphatic hydroxyl groups excluding tert-OH is 2. The number of nitrogens with zero attached hydrogens (tertiary/aromatic N) is 1. The van der Waals surface area contributed by atoms with Crippen molar-refractivity contribution in [3.8, 4) is 0 Å². The Morgan fingerprint density at radius 1 is 1.09 bits per heavy atom. The van der Waals surface area contributed by atoms with E-state index in [4.69, 9.17) is 5.73 Å². The molecule has 3 aliphatic carbocycles. The fourth-order valence-electron chi connectivity index (χ4n) is 8.50. The van der Waals surface area contributed by atoms with Crippen molar-refractivity contribution in [3.63, 3.8) is 0 Å². The van der Waals surface area contributed by atoms with Crippen LogP contribution >= 0.6 is 0 Å². The molecule has 1 fully saturated rings. The number of carbonyl (C=O) groups is 1. The van der Waals surface area contributed by atoms with Crippen molar-refractivity contribution in [1.29, 1.82) is 0 Å². The van der Waals surface area contributed by atoms with Gasteiger partial charge >= 0.3 is 5.97 Å². The monoisotopic (exact) mass is 625 g/mol. The van der Waals surface area contributed by atoms with Gasteiger partial charge in [-0.1, -0.05) is 76.7 Å². The standard InChI is InChI=1S/C37H59N3O5/c1-3-5-7-10-25-13-14-27(33(41)20-25)11-8-6-9-12-30(36(43)44)35(42)28-15-16-32-31(19-26-17-18-40-34(38)21-26)29(24-39-4-2)23-37(32,45)22-28/h13-18,21,25,27-33,35,39,41-42,45H,3-12,19-20,22-24H2,1-2H3,(H2,38,40)(H,43,44). The van der Waals surface area contributed by atoms with E-state index in [0.717, 1.165) is 57.2 Å². The fourth-order valence-corrected chi connectivity index (χ4v) is 8.50. The van der Waals surface area contributed by atoms with Crippen LogP contribution in [0.15, 0.2) is 42.6 Å². The summed E-state index contributed by atoms with van der Waals surface area (Å²) in [4.78, 5) is 16.4. The van der Waals surface area contributed by atoms with Gasteiger partial charge in [-0.2, -0.15) is 0 Å². The number of aromatic nitrogens is 1. The fraction of sp³-hybridized carbons (Fsp3) is 0.730. The first kappa shape index (κ1) is 35.6. The quantitative estimate of drug-likeness (QED) is 0.0923. The molecular formula is C37H59N3O5. The summed E-state index contributed by atoms with van der Waals surface area (Å²) < 4.78 is 0. The molecule has 7 N–H and O–H groups in total. The number of rotatable bonds is 18. The first-order valence-corrected chi connectivity index (χ1v) is 17.7. The van der Waals surface area contributed by atoms with Crippen LogP contribution in [-0.4, -0.2) is 62.3 Å². The van der Waals surface area contributed by atoms with Gasteiger partial charge in [0.1, 0.15) is 5.82 Å². The molecule has 0 aliphatic heterocycles. The molecule has 1 saturated carbocycles. The number of nitrogens with two attached hydrogens (primary N) is 1. The van der Waals surface area contributed by atoms with Crippen molar-refractivity contribution in [2.24, 2.45) is 41.4 Å². The van der Waals surface area contributed by atoms with Gasteiger partial charge in [-0.3, -0.25) is 4.79 Å². The minimum Gasteiger partial charge on any atom is -0.481 e. The number of hydrogen-bond donors (Lipinski definition) is 6. The predicted octanol–water partition coefficient (Wildman–Crippen LogP) is 5.52. The van der Waals surface area contributed by atoms with E-state index in [-0.39, 0.29) is 29.8 Å². The third-order valence-corrected chi connectivity index (χ3v) is 11.0. The lowest BCUT2D eigenvalue weighted by Gasteiger charge is -2.39. The van der Waals surface area contributed by atoms with Crippen LogP contribution in [-0.2, 0) is 11.2 Å². The average molecular weight is 626 g/mol. The molecule has 4 rings (SSSR count). The number of unbranched alkanes of at least 4 members (excludes halogenated alkanes) is 4. The van der Waals surface area contributed by atoms with Gasteiger partial charge in [0.15, 0.2) is 0 Å². The summed E-state index contributed by atoms with van der Waals surface area (Å²) in [7, 11) is 0. The van der Waals surface area contributed by atoms with E-state index in [1.54, 1.807) is 6.20 Å².